The van der Waals surface area contributed by atoms with Crippen LogP contribution >= 0.6 is 0 Å². The molecule has 0 fully saturated rings. The number of methoxy groups -OCH3 is 1. The van der Waals surface area contributed by atoms with Crippen LogP contribution in [-0.4, -0.2) is 24.5 Å². The van der Waals surface area contributed by atoms with Crippen molar-refractivity contribution >= 4 is 5.91 Å². The molecule has 0 radical (unpaired) electrons. The molecule has 0 unspecified atom stereocenters. The summed E-state index contributed by atoms with van der Waals surface area (Å²) in [6, 6.07) is 25.7. The van der Waals surface area contributed by atoms with Gasteiger partial charge in [-0.2, -0.15) is 0 Å². The van der Waals surface area contributed by atoms with Crippen molar-refractivity contribution in [2.24, 2.45) is 0 Å². The van der Waals surface area contributed by atoms with Crippen LogP contribution in [0.4, 0.5) is 0 Å². The minimum Gasteiger partial charge on any atom is -0.496 e. The molecule has 0 aliphatic carbocycles. The minimum absolute atomic E-state index is 0.0119. The highest BCUT2D eigenvalue weighted by Gasteiger charge is 2.18. The van der Waals surface area contributed by atoms with E-state index in [1.165, 1.54) is 0 Å². The molecule has 0 aliphatic heterocycles. The van der Waals surface area contributed by atoms with Crippen molar-refractivity contribution in [1.82, 2.24) is 4.90 Å². The molecule has 3 rings (SSSR count). The predicted octanol–water partition coefficient (Wildman–Crippen LogP) is 5.46. The van der Waals surface area contributed by atoms with Gasteiger partial charge in [0, 0.05) is 30.8 Å². The van der Waals surface area contributed by atoms with Crippen LogP contribution in [0.2, 0.25) is 0 Å². The highest BCUT2D eigenvalue weighted by molar-refractivity contribution is 5.94. The summed E-state index contributed by atoms with van der Waals surface area (Å²) in [4.78, 5) is 15.4. The Hall–Kier alpha value is -3.11. The van der Waals surface area contributed by atoms with Crippen LogP contribution in [0, 0.1) is 0 Å². The van der Waals surface area contributed by atoms with E-state index >= 15 is 0 Å². The molecule has 156 valence electrons. The fourth-order valence-corrected chi connectivity index (χ4v) is 3.34. The van der Waals surface area contributed by atoms with E-state index in [-0.39, 0.29) is 5.91 Å². The second kappa shape index (κ2) is 11.2. The number of hydrogen-bond acceptors (Lipinski definition) is 3. The van der Waals surface area contributed by atoms with Crippen molar-refractivity contribution in [1.29, 1.82) is 0 Å². The largest absolute Gasteiger partial charge is 0.496 e. The molecule has 0 heterocycles. The number of ether oxygens (including phenoxy) is 2. The number of amides is 1. The van der Waals surface area contributed by atoms with Crippen LogP contribution in [0.1, 0.15) is 40.4 Å². The first-order valence-electron chi connectivity index (χ1n) is 10.3. The molecule has 0 aliphatic rings. The molecule has 0 atom stereocenters. The molecule has 0 aromatic heterocycles. The van der Waals surface area contributed by atoms with Gasteiger partial charge in [0.1, 0.15) is 5.75 Å². The van der Waals surface area contributed by atoms with Crippen molar-refractivity contribution in [2.45, 2.75) is 33.0 Å². The van der Waals surface area contributed by atoms with Crippen molar-refractivity contribution in [3.05, 3.63) is 101 Å². The highest BCUT2D eigenvalue weighted by Crippen LogP contribution is 2.23. The molecule has 4 nitrogen and oxygen atoms in total. The topological polar surface area (TPSA) is 38.8 Å². The first kappa shape index (κ1) is 21.6. The van der Waals surface area contributed by atoms with E-state index in [2.05, 4.69) is 6.92 Å². The van der Waals surface area contributed by atoms with Gasteiger partial charge < -0.3 is 14.4 Å². The Morgan fingerprint density at radius 1 is 0.867 bits per heavy atom. The fourth-order valence-electron chi connectivity index (χ4n) is 3.34. The smallest absolute Gasteiger partial charge is 0.254 e. The van der Waals surface area contributed by atoms with Crippen LogP contribution in [0.15, 0.2) is 78.9 Å². The van der Waals surface area contributed by atoms with Gasteiger partial charge in [-0.25, -0.2) is 0 Å². The Morgan fingerprint density at radius 2 is 1.47 bits per heavy atom. The Balaban J connectivity index is 1.86. The van der Waals surface area contributed by atoms with E-state index in [4.69, 9.17) is 9.47 Å². The van der Waals surface area contributed by atoms with Crippen LogP contribution < -0.4 is 4.74 Å². The lowest BCUT2D eigenvalue weighted by atomic mass is 10.1. The van der Waals surface area contributed by atoms with E-state index in [9.17, 15) is 4.79 Å². The molecule has 0 saturated carbocycles. The first-order valence-corrected chi connectivity index (χ1v) is 10.3. The maximum absolute atomic E-state index is 13.5. The third-order valence-corrected chi connectivity index (χ3v) is 4.85. The summed E-state index contributed by atoms with van der Waals surface area (Å²) in [5.41, 5.74) is 3.72. The maximum atomic E-state index is 13.5. The maximum Gasteiger partial charge on any atom is 0.254 e. The number of benzene rings is 3. The third kappa shape index (κ3) is 5.94. The lowest BCUT2D eigenvalue weighted by Gasteiger charge is -2.24. The van der Waals surface area contributed by atoms with E-state index in [1.54, 1.807) is 7.11 Å². The SMILES string of the molecule is CCCOCc1cc(C(=O)N(Cc2ccccc2)Cc2ccccc2)ccc1OC. The molecule has 30 heavy (non-hydrogen) atoms. The van der Waals surface area contributed by atoms with Gasteiger partial charge in [-0.1, -0.05) is 67.6 Å². The molecule has 1 amide bonds. The lowest BCUT2D eigenvalue weighted by molar-refractivity contribution is 0.0729. The van der Waals surface area contributed by atoms with Gasteiger partial charge in [-0.3, -0.25) is 4.79 Å². The summed E-state index contributed by atoms with van der Waals surface area (Å²) in [6.07, 6.45) is 0.947. The highest BCUT2D eigenvalue weighted by atomic mass is 16.5. The summed E-state index contributed by atoms with van der Waals surface area (Å²) < 4.78 is 11.2. The summed E-state index contributed by atoms with van der Waals surface area (Å²) in [5.74, 6) is 0.724. The second-order valence-corrected chi connectivity index (χ2v) is 7.21. The minimum atomic E-state index is -0.0119. The number of nitrogens with zero attached hydrogens (tertiary/aromatic N) is 1. The van der Waals surface area contributed by atoms with Crippen LogP contribution in [0.3, 0.4) is 0 Å². The molecule has 0 saturated heterocycles. The van der Waals surface area contributed by atoms with Crippen molar-refractivity contribution < 1.29 is 14.3 Å². The molecule has 0 bridgehead atoms. The molecular formula is C26H29NO3. The quantitative estimate of drug-likeness (QED) is 0.422. The fraction of sp³-hybridized carbons (Fsp3) is 0.269. The summed E-state index contributed by atoms with van der Waals surface area (Å²) in [7, 11) is 1.64. The first-order chi connectivity index (χ1) is 14.7. The van der Waals surface area contributed by atoms with E-state index in [0.29, 0.717) is 31.9 Å². The zero-order chi connectivity index (χ0) is 21.2. The Labute approximate surface area is 179 Å². The number of carbonyl (C=O) groups excluding carboxylic acids is 1. The van der Waals surface area contributed by atoms with Gasteiger partial charge in [0.05, 0.1) is 13.7 Å². The van der Waals surface area contributed by atoms with Crippen LogP contribution in [0.25, 0.3) is 0 Å². The number of carbonyl (C=O) groups is 1. The second-order valence-electron chi connectivity index (χ2n) is 7.21. The monoisotopic (exact) mass is 403 g/mol. The van der Waals surface area contributed by atoms with E-state index in [1.807, 2.05) is 83.8 Å². The Morgan fingerprint density at radius 3 is 2.00 bits per heavy atom. The lowest BCUT2D eigenvalue weighted by Crippen LogP contribution is -2.30. The Bertz CT molecular complexity index is 884. The normalized spacial score (nSPS) is 10.6. The molecule has 4 heteroatoms. The van der Waals surface area contributed by atoms with Crippen LogP contribution in [-0.2, 0) is 24.4 Å². The van der Waals surface area contributed by atoms with Gasteiger partial charge in [-0.05, 0) is 35.7 Å². The number of hydrogen-bond donors (Lipinski definition) is 0. The van der Waals surface area contributed by atoms with Crippen molar-refractivity contribution in [3.63, 3.8) is 0 Å². The van der Waals surface area contributed by atoms with Crippen molar-refractivity contribution in [3.8, 4) is 5.75 Å². The average molecular weight is 404 g/mol. The van der Waals surface area contributed by atoms with Gasteiger partial charge in [0.15, 0.2) is 0 Å². The van der Waals surface area contributed by atoms with E-state index in [0.717, 1.165) is 28.9 Å². The third-order valence-electron chi connectivity index (χ3n) is 4.85. The van der Waals surface area contributed by atoms with Crippen LogP contribution in [0.5, 0.6) is 5.75 Å². The molecular weight excluding hydrogens is 374 g/mol. The van der Waals surface area contributed by atoms with Gasteiger partial charge in [0.25, 0.3) is 5.91 Å². The Kier molecular flexibility index (Phi) is 8.04. The van der Waals surface area contributed by atoms with Crippen molar-refractivity contribution in [2.75, 3.05) is 13.7 Å². The summed E-state index contributed by atoms with van der Waals surface area (Å²) in [5, 5.41) is 0. The average Bonchev–Trinajstić information content (AvgIpc) is 2.79. The zero-order valence-electron chi connectivity index (χ0n) is 17.7. The zero-order valence-corrected chi connectivity index (χ0v) is 17.7. The van der Waals surface area contributed by atoms with Gasteiger partial charge in [0.2, 0.25) is 0 Å². The predicted molar refractivity (Wildman–Crippen MR) is 119 cm³/mol. The summed E-state index contributed by atoms with van der Waals surface area (Å²) in [6.45, 7) is 4.26. The number of rotatable bonds is 10. The molecule has 0 spiro atoms. The van der Waals surface area contributed by atoms with E-state index < -0.39 is 0 Å². The van der Waals surface area contributed by atoms with Gasteiger partial charge in [-0.15, -0.1) is 0 Å². The molecule has 3 aromatic carbocycles. The summed E-state index contributed by atoms with van der Waals surface area (Å²) >= 11 is 0. The molecule has 3 aromatic rings. The molecule has 0 N–H and O–H groups in total. The standard InChI is InChI=1S/C26H29NO3/c1-3-16-30-20-24-17-23(14-15-25(24)29-2)26(28)27(18-21-10-6-4-7-11-21)19-22-12-8-5-9-13-22/h4-15,17H,3,16,18-20H2,1-2H3. The van der Waals surface area contributed by atoms with Gasteiger partial charge >= 0.3 is 0 Å².